The summed E-state index contributed by atoms with van der Waals surface area (Å²) < 4.78 is 17.4. The molecule has 31 heavy (non-hydrogen) atoms. The number of rotatable bonds is 10. The Bertz CT molecular complexity index is 1020. The fourth-order valence-electron chi connectivity index (χ4n) is 3.00. The molecule has 0 aliphatic heterocycles. The fraction of sp³-hybridized carbons (Fsp3) is 0.240. The molecule has 0 aliphatic carbocycles. The molecular weight excluding hydrogens is 414 g/mol. The van der Waals surface area contributed by atoms with E-state index in [0.29, 0.717) is 29.7 Å². The number of aromatic nitrogens is 1. The topological polar surface area (TPSA) is 60.8 Å². The van der Waals surface area contributed by atoms with Crippen molar-refractivity contribution in [3.05, 3.63) is 89.3 Å². The Morgan fingerprint density at radius 2 is 1.90 bits per heavy atom. The van der Waals surface area contributed by atoms with E-state index in [4.69, 9.17) is 30.8 Å². The molecule has 1 N–H and O–H groups in total. The molecular formula is C25H26ClNO4. The van der Waals surface area contributed by atoms with Crippen molar-refractivity contribution in [1.29, 1.82) is 0 Å². The number of ether oxygens (including phenoxy) is 3. The van der Waals surface area contributed by atoms with Gasteiger partial charge in [0.15, 0.2) is 6.10 Å². The Morgan fingerprint density at radius 1 is 1.13 bits per heavy atom. The molecule has 0 radical (unpaired) electrons. The molecule has 1 aromatic heterocycles. The third kappa shape index (κ3) is 6.48. The van der Waals surface area contributed by atoms with Gasteiger partial charge in [0.1, 0.15) is 23.9 Å². The van der Waals surface area contributed by atoms with Gasteiger partial charge in [-0.15, -0.1) is 0 Å². The summed E-state index contributed by atoms with van der Waals surface area (Å²) in [5, 5.41) is 9.92. The first kappa shape index (κ1) is 22.7. The maximum atomic E-state index is 9.23. The quantitative estimate of drug-likeness (QED) is 0.374. The Labute approximate surface area is 187 Å². The molecule has 0 spiro atoms. The number of benzene rings is 2. The highest BCUT2D eigenvalue weighted by molar-refractivity contribution is 6.30. The predicted octanol–water partition coefficient (Wildman–Crippen LogP) is 6.32. The molecule has 0 amide bonds. The summed E-state index contributed by atoms with van der Waals surface area (Å²) in [5.74, 6) is 1.31. The van der Waals surface area contributed by atoms with Crippen molar-refractivity contribution in [2.75, 3.05) is 19.8 Å². The number of aryl methyl sites for hydroxylation is 1. The second kappa shape index (κ2) is 10.8. The molecule has 6 heteroatoms. The van der Waals surface area contributed by atoms with Gasteiger partial charge in [-0.2, -0.15) is 0 Å². The average molecular weight is 440 g/mol. The van der Waals surface area contributed by atoms with Crippen LogP contribution in [0.3, 0.4) is 0 Å². The van der Waals surface area contributed by atoms with Crippen molar-refractivity contribution >= 4 is 11.6 Å². The monoisotopic (exact) mass is 439 g/mol. The van der Waals surface area contributed by atoms with Crippen LogP contribution < -0.4 is 9.47 Å². The van der Waals surface area contributed by atoms with E-state index in [1.807, 2.05) is 74.5 Å². The van der Waals surface area contributed by atoms with Gasteiger partial charge in [0.25, 0.3) is 0 Å². The van der Waals surface area contributed by atoms with E-state index in [2.05, 4.69) is 6.58 Å². The van der Waals surface area contributed by atoms with Crippen LogP contribution in [0.5, 0.6) is 11.5 Å². The van der Waals surface area contributed by atoms with Crippen molar-refractivity contribution in [3.63, 3.8) is 0 Å². The third-order valence-corrected chi connectivity index (χ3v) is 4.78. The lowest BCUT2D eigenvalue weighted by Gasteiger charge is -2.20. The largest absolute Gasteiger partial charge is 0.509 e. The summed E-state index contributed by atoms with van der Waals surface area (Å²) in [7, 11) is 0. The molecule has 1 heterocycles. The van der Waals surface area contributed by atoms with Crippen LogP contribution in [-0.4, -0.2) is 29.9 Å². The smallest absolute Gasteiger partial charge is 0.164 e. The van der Waals surface area contributed by atoms with Crippen LogP contribution in [0.25, 0.3) is 11.3 Å². The van der Waals surface area contributed by atoms with Crippen LogP contribution in [0.4, 0.5) is 0 Å². The first-order valence-corrected chi connectivity index (χ1v) is 10.4. The van der Waals surface area contributed by atoms with Crippen LogP contribution >= 0.6 is 11.6 Å². The van der Waals surface area contributed by atoms with Gasteiger partial charge >= 0.3 is 0 Å². The summed E-state index contributed by atoms with van der Waals surface area (Å²) >= 11 is 6.00. The number of halogens is 1. The van der Waals surface area contributed by atoms with Crippen LogP contribution in [0.1, 0.15) is 24.3 Å². The van der Waals surface area contributed by atoms with Crippen LogP contribution in [0, 0.1) is 6.92 Å². The number of aliphatic hydroxyl groups is 1. The Hall–Kier alpha value is -3.02. The summed E-state index contributed by atoms with van der Waals surface area (Å²) in [4.78, 5) is 4.80. The highest BCUT2D eigenvalue weighted by atomic mass is 35.5. The molecule has 0 saturated carbocycles. The van der Waals surface area contributed by atoms with Crippen molar-refractivity contribution in [3.8, 4) is 22.8 Å². The van der Waals surface area contributed by atoms with Crippen molar-refractivity contribution in [1.82, 2.24) is 4.98 Å². The first-order valence-electron chi connectivity index (χ1n) is 10.0. The summed E-state index contributed by atoms with van der Waals surface area (Å²) in [5.41, 5.74) is 3.47. The molecule has 1 atom stereocenters. The predicted molar refractivity (Wildman–Crippen MR) is 123 cm³/mol. The van der Waals surface area contributed by atoms with Gasteiger partial charge in [-0.3, -0.25) is 0 Å². The molecule has 0 aliphatic rings. The Balaban J connectivity index is 1.82. The van der Waals surface area contributed by atoms with E-state index in [0.717, 1.165) is 22.5 Å². The second-order valence-electron chi connectivity index (χ2n) is 7.00. The van der Waals surface area contributed by atoms with E-state index in [-0.39, 0.29) is 18.5 Å². The zero-order valence-corrected chi connectivity index (χ0v) is 18.4. The highest BCUT2D eigenvalue weighted by Crippen LogP contribution is 2.28. The van der Waals surface area contributed by atoms with E-state index >= 15 is 0 Å². The molecule has 5 nitrogen and oxygen atoms in total. The van der Waals surface area contributed by atoms with E-state index in [9.17, 15) is 5.11 Å². The van der Waals surface area contributed by atoms with Crippen molar-refractivity contribution in [2.45, 2.75) is 20.0 Å². The molecule has 3 rings (SSSR count). The van der Waals surface area contributed by atoms with Crippen LogP contribution in [-0.2, 0) is 4.74 Å². The maximum Gasteiger partial charge on any atom is 0.164 e. The molecule has 0 bridgehead atoms. The van der Waals surface area contributed by atoms with Gasteiger partial charge in [0, 0.05) is 17.2 Å². The van der Waals surface area contributed by atoms with Gasteiger partial charge in [-0.25, -0.2) is 4.98 Å². The molecule has 2 aromatic carbocycles. The van der Waals surface area contributed by atoms with Gasteiger partial charge in [-0.1, -0.05) is 36.4 Å². The maximum absolute atomic E-state index is 9.23. The molecule has 0 fully saturated rings. The van der Waals surface area contributed by atoms with E-state index in [1.165, 1.54) is 0 Å². The summed E-state index contributed by atoms with van der Waals surface area (Å²) in [6.45, 7) is 8.29. The minimum absolute atomic E-state index is 0.0249. The number of aliphatic hydroxyl groups excluding tert-OH is 1. The van der Waals surface area contributed by atoms with Gasteiger partial charge in [0.05, 0.1) is 18.0 Å². The normalized spacial score (nSPS) is 11.7. The summed E-state index contributed by atoms with van der Waals surface area (Å²) in [6, 6.07) is 18.9. The van der Waals surface area contributed by atoms with Crippen LogP contribution in [0.2, 0.25) is 5.02 Å². The van der Waals surface area contributed by atoms with Gasteiger partial charge in [0.2, 0.25) is 0 Å². The molecule has 3 aromatic rings. The molecule has 1 unspecified atom stereocenters. The van der Waals surface area contributed by atoms with Gasteiger partial charge in [-0.05, 0) is 61.9 Å². The zero-order valence-electron chi connectivity index (χ0n) is 17.7. The lowest BCUT2D eigenvalue weighted by molar-refractivity contribution is 0.0540. The standard InChI is InChI=1S/C25H26ClNO4/c1-4-29-16-25(31-21-12-13-24(17(2)14-21)30-15-18(3)28)23-7-5-6-22(27-23)19-8-10-20(26)11-9-19/h5-14,25,28H,3-4,15-16H2,1-2H3. The summed E-state index contributed by atoms with van der Waals surface area (Å²) in [6.07, 6.45) is -0.379. The van der Waals surface area contributed by atoms with Crippen molar-refractivity contribution in [2.24, 2.45) is 0 Å². The minimum Gasteiger partial charge on any atom is -0.509 e. The number of hydrogen-bond donors (Lipinski definition) is 1. The van der Waals surface area contributed by atoms with Gasteiger partial charge < -0.3 is 19.3 Å². The SMILES string of the molecule is C=C(O)COc1ccc(OC(COCC)c2cccc(-c3ccc(Cl)cc3)n2)cc1C. The Kier molecular flexibility index (Phi) is 7.93. The zero-order chi connectivity index (χ0) is 22.2. The number of nitrogens with zero attached hydrogens (tertiary/aromatic N) is 1. The minimum atomic E-state index is -0.379. The van der Waals surface area contributed by atoms with Crippen LogP contribution in [0.15, 0.2) is 73.0 Å². The number of pyridine rings is 1. The first-order chi connectivity index (χ1) is 15.0. The fourth-order valence-corrected chi connectivity index (χ4v) is 3.13. The molecule has 0 saturated heterocycles. The Morgan fingerprint density at radius 3 is 2.58 bits per heavy atom. The lowest BCUT2D eigenvalue weighted by atomic mass is 10.1. The third-order valence-electron chi connectivity index (χ3n) is 4.53. The number of hydrogen-bond acceptors (Lipinski definition) is 5. The molecule has 162 valence electrons. The average Bonchev–Trinajstić information content (AvgIpc) is 2.76. The van der Waals surface area contributed by atoms with E-state index in [1.54, 1.807) is 0 Å². The lowest BCUT2D eigenvalue weighted by Crippen LogP contribution is -2.16. The van der Waals surface area contributed by atoms with E-state index < -0.39 is 0 Å². The second-order valence-corrected chi connectivity index (χ2v) is 7.44. The van der Waals surface area contributed by atoms with Crippen molar-refractivity contribution < 1.29 is 19.3 Å². The highest BCUT2D eigenvalue weighted by Gasteiger charge is 2.17.